The monoisotopic (exact) mass is 248 g/mol. The van der Waals surface area contributed by atoms with Crippen LogP contribution in [0.4, 0.5) is 0 Å². The molecule has 0 fully saturated rings. The van der Waals surface area contributed by atoms with Gasteiger partial charge in [-0.25, -0.2) is 4.79 Å². The molecule has 1 heterocycles. The summed E-state index contributed by atoms with van der Waals surface area (Å²) in [4.78, 5) is 11.6. The van der Waals surface area contributed by atoms with Gasteiger partial charge in [0, 0.05) is 10.4 Å². The van der Waals surface area contributed by atoms with Crippen molar-refractivity contribution in [2.24, 2.45) is 0 Å². The zero-order chi connectivity index (χ0) is 12.4. The number of nitriles is 1. The summed E-state index contributed by atoms with van der Waals surface area (Å²) in [5.41, 5.74) is 1.08. The third-order valence-corrected chi connectivity index (χ3v) is 2.85. The van der Waals surface area contributed by atoms with Gasteiger partial charge in [-0.3, -0.25) is 0 Å². The van der Waals surface area contributed by atoms with Gasteiger partial charge < -0.3 is 9.30 Å². The Bertz CT molecular complexity index is 625. The Morgan fingerprint density at radius 2 is 2.35 bits per heavy atom. The molecule has 2 rings (SSSR count). The van der Waals surface area contributed by atoms with E-state index in [1.807, 2.05) is 12.1 Å². The number of hydrogen-bond acceptors (Lipinski definition) is 3. The van der Waals surface area contributed by atoms with Crippen molar-refractivity contribution in [1.29, 1.82) is 5.26 Å². The van der Waals surface area contributed by atoms with Crippen LogP contribution in [0.3, 0.4) is 0 Å². The quantitative estimate of drug-likeness (QED) is 0.768. The molecule has 0 aliphatic rings. The van der Waals surface area contributed by atoms with Crippen molar-refractivity contribution in [1.82, 2.24) is 4.57 Å². The van der Waals surface area contributed by atoms with Crippen LogP contribution in [-0.4, -0.2) is 17.6 Å². The number of hydrogen-bond donors (Lipinski definition) is 0. The molecule has 0 unspecified atom stereocenters. The number of ether oxygens (including phenoxy) is 1. The maximum absolute atomic E-state index is 11.6. The molecule has 0 saturated heterocycles. The molecule has 0 bridgehead atoms. The first-order valence-corrected chi connectivity index (χ1v) is 5.30. The molecule has 0 atom stereocenters. The standard InChI is InChI=1S/C12H9ClN2O2/c1-17-12(16)11-7-8-9(13)3-2-4-10(8)15(11)6-5-14/h2-4,7H,6H2,1H3. The predicted molar refractivity (Wildman–Crippen MR) is 63.9 cm³/mol. The van der Waals surface area contributed by atoms with E-state index in [0.29, 0.717) is 10.7 Å². The van der Waals surface area contributed by atoms with Gasteiger partial charge in [0.2, 0.25) is 0 Å². The molecule has 0 N–H and O–H groups in total. The Kier molecular flexibility index (Phi) is 3.03. The molecule has 0 radical (unpaired) electrons. The average molecular weight is 249 g/mol. The highest BCUT2D eigenvalue weighted by Gasteiger charge is 2.16. The summed E-state index contributed by atoms with van der Waals surface area (Å²) in [6.45, 7) is 0.0777. The van der Waals surface area contributed by atoms with Crippen molar-refractivity contribution in [3.05, 3.63) is 35.0 Å². The van der Waals surface area contributed by atoms with Crippen LogP contribution in [0.5, 0.6) is 0 Å². The van der Waals surface area contributed by atoms with Crippen LogP contribution in [0, 0.1) is 11.3 Å². The van der Waals surface area contributed by atoms with Crippen molar-refractivity contribution in [2.75, 3.05) is 7.11 Å². The Morgan fingerprint density at radius 1 is 1.59 bits per heavy atom. The number of esters is 1. The zero-order valence-corrected chi connectivity index (χ0v) is 9.86. The van der Waals surface area contributed by atoms with E-state index >= 15 is 0 Å². The number of methoxy groups -OCH3 is 1. The second-order valence-corrected chi connectivity index (χ2v) is 3.85. The largest absolute Gasteiger partial charge is 0.464 e. The number of halogens is 1. The molecular weight excluding hydrogens is 240 g/mol. The number of benzene rings is 1. The van der Waals surface area contributed by atoms with Gasteiger partial charge >= 0.3 is 5.97 Å². The first-order chi connectivity index (χ1) is 8.19. The van der Waals surface area contributed by atoms with Gasteiger partial charge in [0.15, 0.2) is 0 Å². The topological polar surface area (TPSA) is 55.0 Å². The third-order valence-electron chi connectivity index (χ3n) is 2.52. The summed E-state index contributed by atoms with van der Waals surface area (Å²) < 4.78 is 6.27. The Morgan fingerprint density at radius 3 is 3.00 bits per heavy atom. The van der Waals surface area contributed by atoms with Crippen molar-refractivity contribution in [2.45, 2.75) is 6.54 Å². The fourth-order valence-electron chi connectivity index (χ4n) is 1.76. The smallest absolute Gasteiger partial charge is 0.354 e. The molecule has 86 valence electrons. The van der Waals surface area contributed by atoms with Crippen LogP contribution in [0.1, 0.15) is 10.5 Å². The molecule has 4 nitrogen and oxygen atoms in total. The van der Waals surface area contributed by atoms with Crippen molar-refractivity contribution >= 4 is 28.5 Å². The molecule has 17 heavy (non-hydrogen) atoms. The van der Waals surface area contributed by atoms with E-state index in [-0.39, 0.29) is 6.54 Å². The lowest BCUT2D eigenvalue weighted by Gasteiger charge is -2.04. The van der Waals surface area contributed by atoms with E-state index in [9.17, 15) is 4.79 Å². The summed E-state index contributed by atoms with van der Waals surface area (Å²) in [6.07, 6.45) is 0. The van der Waals surface area contributed by atoms with Crippen LogP contribution >= 0.6 is 11.6 Å². The first kappa shape index (κ1) is 11.5. The summed E-state index contributed by atoms with van der Waals surface area (Å²) in [6, 6.07) is 8.98. The molecule has 0 aliphatic heterocycles. The molecule has 1 aromatic carbocycles. The highest BCUT2D eigenvalue weighted by molar-refractivity contribution is 6.35. The average Bonchev–Trinajstić information content (AvgIpc) is 2.70. The lowest BCUT2D eigenvalue weighted by Crippen LogP contribution is -2.09. The number of carbonyl (C=O) groups excluding carboxylic acids is 1. The molecule has 0 spiro atoms. The zero-order valence-electron chi connectivity index (χ0n) is 9.11. The Labute approximate surface area is 103 Å². The summed E-state index contributed by atoms with van der Waals surface area (Å²) in [5, 5.41) is 10.1. The fourth-order valence-corrected chi connectivity index (χ4v) is 1.99. The van der Waals surface area contributed by atoms with Gasteiger partial charge in [-0.05, 0) is 18.2 Å². The van der Waals surface area contributed by atoms with Crippen LogP contribution in [0.25, 0.3) is 10.9 Å². The van der Waals surface area contributed by atoms with Crippen LogP contribution < -0.4 is 0 Å². The number of nitrogens with zero attached hydrogens (tertiary/aromatic N) is 2. The van der Waals surface area contributed by atoms with E-state index in [0.717, 1.165) is 10.9 Å². The SMILES string of the molecule is COC(=O)c1cc2c(Cl)cccc2n1CC#N. The first-order valence-electron chi connectivity index (χ1n) is 4.92. The van der Waals surface area contributed by atoms with Crippen LogP contribution in [0.15, 0.2) is 24.3 Å². The van der Waals surface area contributed by atoms with Gasteiger partial charge in [-0.2, -0.15) is 5.26 Å². The second-order valence-electron chi connectivity index (χ2n) is 3.44. The molecule has 1 aromatic heterocycles. The number of aromatic nitrogens is 1. The third kappa shape index (κ3) is 1.85. The molecule has 0 saturated carbocycles. The molecule has 0 aliphatic carbocycles. The van der Waals surface area contributed by atoms with E-state index in [4.69, 9.17) is 16.9 Å². The summed E-state index contributed by atoms with van der Waals surface area (Å²) >= 11 is 6.04. The minimum atomic E-state index is -0.479. The van der Waals surface area contributed by atoms with Crippen LogP contribution in [0.2, 0.25) is 5.02 Å². The highest BCUT2D eigenvalue weighted by Crippen LogP contribution is 2.27. The van der Waals surface area contributed by atoms with Gasteiger partial charge in [0.05, 0.1) is 18.7 Å². The molecule has 5 heteroatoms. The van der Waals surface area contributed by atoms with Crippen molar-refractivity contribution in [3.63, 3.8) is 0 Å². The van der Waals surface area contributed by atoms with Crippen molar-refractivity contribution < 1.29 is 9.53 Å². The molecular formula is C12H9ClN2O2. The summed E-state index contributed by atoms with van der Waals surface area (Å²) in [5.74, 6) is -0.479. The van der Waals surface area contributed by atoms with Gasteiger partial charge in [-0.15, -0.1) is 0 Å². The fraction of sp³-hybridized carbons (Fsp3) is 0.167. The molecule has 0 amide bonds. The lowest BCUT2D eigenvalue weighted by molar-refractivity contribution is 0.0590. The minimum Gasteiger partial charge on any atom is -0.464 e. The maximum Gasteiger partial charge on any atom is 0.354 e. The van der Waals surface area contributed by atoms with E-state index in [1.165, 1.54) is 7.11 Å². The van der Waals surface area contributed by atoms with E-state index < -0.39 is 5.97 Å². The summed E-state index contributed by atoms with van der Waals surface area (Å²) in [7, 11) is 1.30. The maximum atomic E-state index is 11.6. The highest BCUT2D eigenvalue weighted by atomic mass is 35.5. The van der Waals surface area contributed by atoms with E-state index in [2.05, 4.69) is 4.74 Å². The number of fused-ring (bicyclic) bond motifs is 1. The van der Waals surface area contributed by atoms with E-state index in [1.54, 1.807) is 22.8 Å². The van der Waals surface area contributed by atoms with Crippen LogP contribution in [-0.2, 0) is 11.3 Å². The molecule has 2 aromatic rings. The van der Waals surface area contributed by atoms with Crippen molar-refractivity contribution in [3.8, 4) is 6.07 Å². The Hall–Kier alpha value is -1.99. The number of rotatable bonds is 2. The van der Waals surface area contributed by atoms with Gasteiger partial charge in [0.25, 0.3) is 0 Å². The lowest BCUT2D eigenvalue weighted by atomic mass is 10.2. The Balaban J connectivity index is 2.75. The minimum absolute atomic E-state index is 0.0777. The number of carbonyl (C=O) groups is 1. The predicted octanol–water partition coefficient (Wildman–Crippen LogP) is 2.60. The second kappa shape index (κ2) is 4.48. The normalized spacial score (nSPS) is 10.2. The van der Waals surface area contributed by atoms with Gasteiger partial charge in [-0.1, -0.05) is 17.7 Å². The van der Waals surface area contributed by atoms with Gasteiger partial charge in [0.1, 0.15) is 12.2 Å².